The van der Waals surface area contributed by atoms with Gasteiger partial charge >= 0.3 is 8.25 Å². The predicted octanol–water partition coefficient (Wildman–Crippen LogP) is 6.21. The Kier molecular flexibility index (Phi) is 8.21. The van der Waals surface area contributed by atoms with E-state index in [9.17, 15) is 4.57 Å². The molecule has 0 heterocycles. The SMILES string of the molecule is O=[PH](O)OCc1cccc2ccccc12.c1ccc(CCc2ccccc2)cc1. The number of hydrogen-bond acceptors (Lipinski definition) is 2. The lowest BCUT2D eigenvalue weighted by Gasteiger charge is -2.05. The van der Waals surface area contributed by atoms with Gasteiger partial charge in [-0.05, 0) is 40.3 Å². The van der Waals surface area contributed by atoms with Crippen molar-refractivity contribution in [2.75, 3.05) is 0 Å². The molecule has 0 saturated heterocycles. The molecule has 4 heteroatoms. The molecule has 0 aliphatic heterocycles. The zero-order valence-corrected chi connectivity index (χ0v) is 17.2. The Labute approximate surface area is 172 Å². The van der Waals surface area contributed by atoms with Gasteiger partial charge in [-0.2, -0.15) is 0 Å². The topological polar surface area (TPSA) is 46.5 Å². The van der Waals surface area contributed by atoms with E-state index in [2.05, 4.69) is 60.7 Å². The summed E-state index contributed by atoms with van der Waals surface area (Å²) in [6.45, 7) is 0.176. The maximum Gasteiger partial charge on any atom is 0.316 e. The molecular weight excluding hydrogens is 379 g/mol. The van der Waals surface area contributed by atoms with E-state index >= 15 is 0 Å². The van der Waals surface area contributed by atoms with Crippen molar-refractivity contribution in [2.45, 2.75) is 19.4 Å². The van der Waals surface area contributed by atoms with Crippen molar-refractivity contribution >= 4 is 19.0 Å². The van der Waals surface area contributed by atoms with Gasteiger partial charge in [-0.3, -0.25) is 4.57 Å². The van der Waals surface area contributed by atoms with Crippen LogP contribution in [0, 0.1) is 0 Å². The molecule has 0 aromatic heterocycles. The van der Waals surface area contributed by atoms with Gasteiger partial charge in [0.25, 0.3) is 0 Å². The van der Waals surface area contributed by atoms with Crippen LogP contribution >= 0.6 is 8.25 Å². The molecule has 0 saturated carbocycles. The highest BCUT2D eigenvalue weighted by Crippen LogP contribution is 2.23. The molecule has 4 aromatic carbocycles. The number of hydrogen-bond donors (Lipinski definition) is 1. The van der Waals surface area contributed by atoms with Gasteiger partial charge in [-0.1, -0.05) is 103 Å². The van der Waals surface area contributed by atoms with Crippen molar-refractivity contribution in [1.82, 2.24) is 0 Å². The summed E-state index contributed by atoms with van der Waals surface area (Å²) in [6, 6.07) is 34.9. The van der Waals surface area contributed by atoms with Gasteiger partial charge in [0.1, 0.15) is 0 Å². The fourth-order valence-corrected chi connectivity index (χ4v) is 3.41. The van der Waals surface area contributed by atoms with Crippen LogP contribution in [0.1, 0.15) is 16.7 Å². The first-order valence-electron chi connectivity index (χ1n) is 9.62. The molecule has 148 valence electrons. The van der Waals surface area contributed by atoms with E-state index < -0.39 is 8.25 Å². The van der Waals surface area contributed by atoms with E-state index in [1.165, 1.54) is 11.1 Å². The average molecular weight is 404 g/mol. The van der Waals surface area contributed by atoms with E-state index in [0.29, 0.717) is 0 Å². The minimum Gasteiger partial charge on any atom is -0.326 e. The van der Waals surface area contributed by atoms with Gasteiger partial charge in [0, 0.05) is 0 Å². The van der Waals surface area contributed by atoms with Crippen molar-refractivity contribution < 1.29 is 14.0 Å². The van der Waals surface area contributed by atoms with Crippen LogP contribution in [-0.2, 0) is 28.5 Å². The molecule has 0 spiro atoms. The highest BCUT2D eigenvalue weighted by Gasteiger charge is 2.01. The molecule has 1 atom stereocenters. The molecule has 3 nitrogen and oxygen atoms in total. The third kappa shape index (κ3) is 6.99. The number of aryl methyl sites for hydroxylation is 2. The van der Waals surface area contributed by atoms with E-state index in [0.717, 1.165) is 29.2 Å². The highest BCUT2D eigenvalue weighted by atomic mass is 31.1. The molecule has 4 rings (SSSR count). The Balaban J connectivity index is 0.000000166. The van der Waals surface area contributed by atoms with Crippen molar-refractivity contribution in [3.05, 3.63) is 120 Å². The van der Waals surface area contributed by atoms with Crippen LogP contribution in [-0.4, -0.2) is 4.89 Å². The van der Waals surface area contributed by atoms with Gasteiger partial charge in [0.05, 0.1) is 6.61 Å². The zero-order valence-electron chi connectivity index (χ0n) is 16.2. The van der Waals surface area contributed by atoms with Crippen LogP contribution in [0.4, 0.5) is 0 Å². The second-order valence-electron chi connectivity index (χ2n) is 6.66. The third-order valence-corrected chi connectivity index (χ3v) is 5.01. The Morgan fingerprint density at radius 1 is 0.655 bits per heavy atom. The fourth-order valence-electron chi connectivity index (χ4n) is 3.14. The minimum absolute atomic E-state index is 0.176. The maximum atomic E-state index is 10.5. The number of fused-ring (bicyclic) bond motifs is 1. The summed E-state index contributed by atoms with van der Waals surface area (Å²) in [7, 11) is -2.85. The summed E-state index contributed by atoms with van der Waals surface area (Å²) in [4.78, 5) is 8.61. The van der Waals surface area contributed by atoms with Gasteiger partial charge in [-0.15, -0.1) is 0 Å². The summed E-state index contributed by atoms with van der Waals surface area (Å²) in [5, 5.41) is 2.17. The van der Waals surface area contributed by atoms with Crippen LogP contribution in [0.15, 0.2) is 103 Å². The van der Waals surface area contributed by atoms with Crippen LogP contribution in [0.5, 0.6) is 0 Å². The maximum absolute atomic E-state index is 10.5. The zero-order chi connectivity index (χ0) is 20.3. The van der Waals surface area contributed by atoms with E-state index in [4.69, 9.17) is 9.42 Å². The van der Waals surface area contributed by atoms with Gasteiger partial charge in [-0.25, -0.2) is 0 Å². The second kappa shape index (κ2) is 11.3. The first kappa shape index (κ1) is 21.0. The monoisotopic (exact) mass is 404 g/mol. The van der Waals surface area contributed by atoms with Gasteiger partial charge < -0.3 is 9.42 Å². The summed E-state index contributed by atoms with van der Waals surface area (Å²) in [6.07, 6.45) is 2.26. The van der Waals surface area contributed by atoms with Crippen LogP contribution in [0.2, 0.25) is 0 Å². The molecule has 0 radical (unpaired) electrons. The lowest BCUT2D eigenvalue weighted by molar-refractivity contribution is 0.273. The summed E-state index contributed by atoms with van der Waals surface area (Å²) >= 11 is 0. The Morgan fingerprint density at radius 3 is 1.76 bits per heavy atom. The molecule has 4 aromatic rings. The molecule has 1 N–H and O–H groups in total. The van der Waals surface area contributed by atoms with E-state index in [-0.39, 0.29) is 6.61 Å². The van der Waals surface area contributed by atoms with Crippen LogP contribution in [0.25, 0.3) is 10.8 Å². The highest BCUT2D eigenvalue weighted by molar-refractivity contribution is 7.32. The molecule has 0 fully saturated rings. The lowest BCUT2D eigenvalue weighted by atomic mass is 10.0. The quantitative estimate of drug-likeness (QED) is 0.389. The fraction of sp³-hybridized carbons (Fsp3) is 0.120. The molecule has 0 aliphatic rings. The van der Waals surface area contributed by atoms with Gasteiger partial charge in [0.15, 0.2) is 0 Å². The summed E-state index contributed by atoms with van der Waals surface area (Å²) in [5.74, 6) is 0. The first-order chi connectivity index (χ1) is 14.2. The number of benzene rings is 4. The van der Waals surface area contributed by atoms with E-state index in [1.54, 1.807) is 0 Å². The van der Waals surface area contributed by atoms with Crippen LogP contribution < -0.4 is 0 Å². The summed E-state index contributed by atoms with van der Waals surface area (Å²) in [5.41, 5.74) is 3.76. The van der Waals surface area contributed by atoms with Crippen LogP contribution in [0.3, 0.4) is 0 Å². The molecular formula is C25H25O3P. The van der Waals surface area contributed by atoms with E-state index in [1.807, 2.05) is 42.5 Å². The largest absolute Gasteiger partial charge is 0.326 e. The Bertz CT molecular complexity index is 989. The second-order valence-corrected chi connectivity index (χ2v) is 7.48. The Morgan fingerprint density at radius 2 is 1.17 bits per heavy atom. The third-order valence-electron chi connectivity index (χ3n) is 4.62. The predicted molar refractivity (Wildman–Crippen MR) is 120 cm³/mol. The average Bonchev–Trinajstić information content (AvgIpc) is 2.78. The van der Waals surface area contributed by atoms with Crippen molar-refractivity contribution in [3.8, 4) is 0 Å². The first-order valence-corrected chi connectivity index (χ1v) is 10.9. The summed E-state index contributed by atoms with van der Waals surface area (Å²) < 4.78 is 15.2. The number of rotatable bonds is 6. The van der Waals surface area contributed by atoms with Gasteiger partial charge in [0.2, 0.25) is 0 Å². The minimum atomic E-state index is -2.85. The van der Waals surface area contributed by atoms with Crippen molar-refractivity contribution in [1.29, 1.82) is 0 Å². The van der Waals surface area contributed by atoms with Crippen molar-refractivity contribution in [3.63, 3.8) is 0 Å². The van der Waals surface area contributed by atoms with Crippen molar-refractivity contribution in [2.24, 2.45) is 0 Å². The smallest absolute Gasteiger partial charge is 0.316 e. The molecule has 1 unspecified atom stereocenters. The molecule has 0 aliphatic carbocycles. The standard InChI is InChI=1S/C14H14.C11H11O3P/c1-3-7-13(8-4-1)11-12-14-9-5-2-6-10-14;12-15(13)14-8-10-6-3-5-9-4-1-2-7-11(9)10/h1-10H,11-12H2;1-7,15H,8H2,(H,12,13). The molecule has 0 amide bonds. The molecule has 29 heavy (non-hydrogen) atoms. The Hall–Kier alpha value is -2.71. The lowest BCUT2D eigenvalue weighted by Crippen LogP contribution is -1.89. The molecule has 0 bridgehead atoms. The normalized spacial score (nSPS) is 11.5.